The molecule has 2 aliphatic rings. The number of piperidine rings is 1. The zero-order valence-electron chi connectivity index (χ0n) is 17.7. The van der Waals surface area contributed by atoms with Crippen LogP contribution >= 0.6 is 24.0 Å². The summed E-state index contributed by atoms with van der Waals surface area (Å²) in [5.41, 5.74) is 9.34. The van der Waals surface area contributed by atoms with Gasteiger partial charge in [0.25, 0.3) is 0 Å². The maximum absolute atomic E-state index is 6.34. The average molecular weight is 452 g/mol. The topological polar surface area (TPSA) is 29.0 Å². The number of likely N-dealkylation sites (tertiary alicyclic amines) is 1. The second kappa shape index (κ2) is 9.52. The van der Waals surface area contributed by atoms with E-state index in [2.05, 4.69) is 47.1 Å². The van der Waals surface area contributed by atoms with Gasteiger partial charge in [0.15, 0.2) is 0 Å². The number of hydrogen-bond donors (Lipinski definition) is 0. The van der Waals surface area contributed by atoms with Crippen LogP contribution in [0.2, 0.25) is 5.02 Å². The van der Waals surface area contributed by atoms with E-state index >= 15 is 0 Å². The van der Waals surface area contributed by atoms with Gasteiger partial charge in [-0.05, 0) is 79.1 Å². The lowest BCUT2D eigenvalue weighted by atomic mass is 9.88. The van der Waals surface area contributed by atoms with E-state index in [1.54, 1.807) is 0 Å². The van der Waals surface area contributed by atoms with Crippen LogP contribution in [0.1, 0.15) is 53.8 Å². The van der Waals surface area contributed by atoms with E-state index in [0.29, 0.717) is 6.04 Å². The molecular weight excluding hydrogens is 425 g/mol. The Kier molecular flexibility index (Phi) is 6.76. The number of halogens is 2. The molecule has 1 aliphatic heterocycles. The second-order valence-corrected chi connectivity index (χ2v) is 8.73. The minimum absolute atomic E-state index is 0. The molecule has 0 spiro atoms. The highest BCUT2D eigenvalue weighted by Gasteiger charge is 2.26. The molecule has 0 bridgehead atoms. The molecular formula is C26H27Cl2N3. The summed E-state index contributed by atoms with van der Waals surface area (Å²) < 4.78 is 0. The summed E-state index contributed by atoms with van der Waals surface area (Å²) in [5.74, 6) is 0. The molecule has 1 aromatic carbocycles. The molecule has 160 valence electrons. The van der Waals surface area contributed by atoms with Gasteiger partial charge in [0.1, 0.15) is 0 Å². The Morgan fingerprint density at radius 2 is 1.71 bits per heavy atom. The number of aryl methyl sites for hydroxylation is 2. The molecule has 1 aliphatic carbocycles. The van der Waals surface area contributed by atoms with Crippen molar-refractivity contribution < 1.29 is 0 Å². The van der Waals surface area contributed by atoms with E-state index in [-0.39, 0.29) is 12.4 Å². The first-order valence-corrected chi connectivity index (χ1v) is 11.2. The second-order valence-electron chi connectivity index (χ2n) is 8.29. The zero-order chi connectivity index (χ0) is 20.5. The molecule has 1 atom stereocenters. The quantitative estimate of drug-likeness (QED) is 0.456. The first kappa shape index (κ1) is 22.0. The predicted octanol–water partition coefficient (Wildman–Crippen LogP) is 6.31. The molecule has 3 heterocycles. The van der Waals surface area contributed by atoms with Crippen molar-refractivity contribution in [2.75, 3.05) is 13.1 Å². The van der Waals surface area contributed by atoms with Gasteiger partial charge in [0, 0.05) is 48.3 Å². The Morgan fingerprint density at radius 1 is 0.935 bits per heavy atom. The van der Waals surface area contributed by atoms with Crippen LogP contribution in [0.3, 0.4) is 0 Å². The third-order valence-corrected chi connectivity index (χ3v) is 6.83. The Bertz CT molecular complexity index is 1080. The Morgan fingerprint density at radius 3 is 2.48 bits per heavy atom. The zero-order valence-corrected chi connectivity index (χ0v) is 19.3. The van der Waals surface area contributed by atoms with Crippen LogP contribution in [-0.4, -0.2) is 28.0 Å². The minimum atomic E-state index is 0. The van der Waals surface area contributed by atoms with Crippen LogP contribution in [-0.2, 0) is 12.8 Å². The molecule has 0 amide bonds. The van der Waals surface area contributed by atoms with Crippen molar-refractivity contribution in [1.29, 1.82) is 0 Å². The number of hydrogen-bond acceptors (Lipinski definition) is 3. The number of nitrogens with zero attached hydrogens (tertiary/aromatic N) is 3. The summed E-state index contributed by atoms with van der Waals surface area (Å²) in [5, 5.41) is 0.817. The average Bonchev–Trinajstić information content (AvgIpc) is 2.96. The van der Waals surface area contributed by atoms with Gasteiger partial charge in [-0.3, -0.25) is 14.9 Å². The van der Waals surface area contributed by atoms with Gasteiger partial charge in [-0.1, -0.05) is 35.4 Å². The summed E-state index contributed by atoms with van der Waals surface area (Å²) in [6.45, 7) is 4.40. The van der Waals surface area contributed by atoms with E-state index in [4.69, 9.17) is 16.6 Å². The molecule has 0 N–H and O–H groups in total. The van der Waals surface area contributed by atoms with E-state index < -0.39 is 0 Å². The summed E-state index contributed by atoms with van der Waals surface area (Å²) in [7, 11) is 0. The minimum Gasteiger partial charge on any atom is -0.296 e. The highest BCUT2D eigenvalue weighted by molar-refractivity contribution is 6.30. The summed E-state index contributed by atoms with van der Waals surface area (Å²) in [6.07, 6.45) is 9.92. The van der Waals surface area contributed by atoms with Crippen molar-refractivity contribution >= 4 is 29.6 Å². The predicted molar refractivity (Wildman–Crippen MR) is 130 cm³/mol. The number of fused-ring (bicyclic) bond motifs is 2. The van der Waals surface area contributed by atoms with E-state index in [0.717, 1.165) is 43.8 Å². The highest BCUT2D eigenvalue weighted by Crippen LogP contribution is 2.39. The molecule has 3 aromatic rings. The monoisotopic (exact) mass is 451 g/mol. The normalized spacial score (nSPS) is 17.2. The van der Waals surface area contributed by atoms with Crippen molar-refractivity contribution in [1.82, 2.24) is 14.9 Å². The van der Waals surface area contributed by atoms with Crippen molar-refractivity contribution in [2.24, 2.45) is 0 Å². The standard InChI is InChI=1S/C26H26ClN3.ClH/c1-18(22-5-2-12-28-17-22)30-14-10-19(11-15-30)25-24-9-8-23(27)16-21(24)7-6-20-4-3-13-29-26(20)25;/h2-5,8-9,12-13,16-18H,6-7,10-11,14-15H2,1H3;1H. The van der Waals surface area contributed by atoms with Crippen LogP contribution in [0.25, 0.3) is 5.57 Å². The summed E-state index contributed by atoms with van der Waals surface area (Å²) >= 11 is 6.34. The first-order valence-electron chi connectivity index (χ1n) is 10.8. The molecule has 5 heteroatoms. The third-order valence-electron chi connectivity index (χ3n) is 6.60. The smallest absolute Gasteiger partial charge is 0.0739 e. The fourth-order valence-electron chi connectivity index (χ4n) is 4.90. The van der Waals surface area contributed by atoms with Crippen molar-refractivity contribution in [2.45, 2.75) is 38.6 Å². The van der Waals surface area contributed by atoms with Gasteiger partial charge >= 0.3 is 0 Å². The SMILES string of the molecule is CC(c1cccnc1)N1CCC(=C2c3ccc(Cl)cc3CCc3cccnc32)CC1.Cl. The Balaban J connectivity index is 0.00000231. The van der Waals surface area contributed by atoms with Crippen LogP contribution < -0.4 is 0 Å². The number of aromatic nitrogens is 2. The molecule has 3 nitrogen and oxygen atoms in total. The highest BCUT2D eigenvalue weighted by atomic mass is 35.5. The van der Waals surface area contributed by atoms with Crippen LogP contribution in [0.15, 0.2) is 66.6 Å². The number of benzene rings is 1. The molecule has 0 saturated carbocycles. The number of pyridine rings is 2. The fraction of sp³-hybridized carbons (Fsp3) is 0.308. The van der Waals surface area contributed by atoms with Crippen LogP contribution in [0.4, 0.5) is 0 Å². The molecule has 1 saturated heterocycles. The van der Waals surface area contributed by atoms with Crippen molar-refractivity contribution in [3.8, 4) is 0 Å². The van der Waals surface area contributed by atoms with Gasteiger partial charge in [-0.25, -0.2) is 0 Å². The van der Waals surface area contributed by atoms with Crippen molar-refractivity contribution in [3.63, 3.8) is 0 Å². The molecule has 2 aromatic heterocycles. The maximum atomic E-state index is 6.34. The number of rotatable bonds is 2. The van der Waals surface area contributed by atoms with E-state index in [9.17, 15) is 0 Å². The fourth-order valence-corrected chi connectivity index (χ4v) is 5.09. The lowest BCUT2D eigenvalue weighted by molar-refractivity contribution is 0.196. The van der Waals surface area contributed by atoms with Gasteiger partial charge in [-0.15, -0.1) is 12.4 Å². The van der Waals surface area contributed by atoms with Gasteiger partial charge in [-0.2, -0.15) is 0 Å². The first-order chi connectivity index (χ1) is 14.7. The van der Waals surface area contributed by atoms with E-state index in [1.807, 2.05) is 30.7 Å². The molecule has 5 rings (SSSR count). The maximum Gasteiger partial charge on any atom is 0.0739 e. The van der Waals surface area contributed by atoms with E-state index in [1.165, 1.54) is 39.1 Å². The third kappa shape index (κ3) is 4.41. The van der Waals surface area contributed by atoms with Crippen molar-refractivity contribution in [3.05, 3.63) is 99.6 Å². The molecule has 31 heavy (non-hydrogen) atoms. The largest absolute Gasteiger partial charge is 0.296 e. The van der Waals surface area contributed by atoms with Crippen LogP contribution in [0.5, 0.6) is 0 Å². The Hall–Kier alpha value is -2.20. The summed E-state index contributed by atoms with van der Waals surface area (Å²) in [6, 6.07) is 15.2. The summed E-state index contributed by atoms with van der Waals surface area (Å²) in [4.78, 5) is 11.7. The molecule has 0 radical (unpaired) electrons. The lowest BCUT2D eigenvalue weighted by Gasteiger charge is -2.34. The van der Waals surface area contributed by atoms with Gasteiger partial charge < -0.3 is 0 Å². The molecule has 1 unspecified atom stereocenters. The molecule has 1 fully saturated rings. The Labute approximate surface area is 195 Å². The lowest BCUT2D eigenvalue weighted by Crippen LogP contribution is -2.33. The van der Waals surface area contributed by atoms with Gasteiger partial charge in [0.2, 0.25) is 0 Å². The van der Waals surface area contributed by atoms with Gasteiger partial charge in [0.05, 0.1) is 5.69 Å². The van der Waals surface area contributed by atoms with Crippen LogP contribution in [0, 0.1) is 0 Å².